The fourth-order valence-electron chi connectivity index (χ4n) is 3.09. The summed E-state index contributed by atoms with van der Waals surface area (Å²) < 4.78 is 17.0. The predicted octanol–water partition coefficient (Wildman–Crippen LogP) is 5.13. The minimum absolute atomic E-state index is 0.194. The molecule has 0 spiro atoms. The number of hydrogen-bond donors (Lipinski definition) is 1. The molecule has 0 aliphatic rings. The molecule has 0 bridgehead atoms. The molecule has 1 aromatic heterocycles. The van der Waals surface area contributed by atoms with Gasteiger partial charge in [-0.15, -0.1) is 0 Å². The van der Waals surface area contributed by atoms with E-state index in [0.717, 1.165) is 26.2 Å². The van der Waals surface area contributed by atoms with E-state index in [1.165, 1.54) is 6.21 Å². The van der Waals surface area contributed by atoms with E-state index in [9.17, 15) is 4.79 Å². The highest BCUT2D eigenvalue weighted by Gasteiger charge is 2.14. The summed E-state index contributed by atoms with van der Waals surface area (Å²) in [5, 5.41) is 7.04. The van der Waals surface area contributed by atoms with Crippen molar-refractivity contribution in [2.24, 2.45) is 5.10 Å². The van der Waals surface area contributed by atoms with Crippen LogP contribution in [0.3, 0.4) is 0 Å². The van der Waals surface area contributed by atoms with Gasteiger partial charge in [-0.3, -0.25) is 4.79 Å². The third kappa shape index (κ3) is 3.69. The third-order valence-electron chi connectivity index (χ3n) is 4.52. The zero-order valence-electron chi connectivity index (χ0n) is 15.7. The molecule has 0 saturated carbocycles. The quantitative estimate of drug-likeness (QED) is 0.336. The molecule has 0 aliphatic heterocycles. The monoisotopic (exact) mass is 452 g/mol. The number of hydrazone groups is 1. The molecule has 0 aliphatic carbocycles. The van der Waals surface area contributed by atoms with Crippen LogP contribution in [0.4, 0.5) is 0 Å². The molecule has 0 saturated heterocycles. The van der Waals surface area contributed by atoms with Crippen LogP contribution in [-0.4, -0.2) is 26.3 Å². The first-order valence-corrected chi connectivity index (χ1v) is 9.56. The summed E-state index contributed by atoms with van der Waals surface area (Å²) in [5.74, 6) is 0.917. The highest BCUT2D eigenvalue weighted by molar-refractivity contribution is 9.10. The summed E-state index contributed by atoms with van der Waals surface area (Å²) in [6.45, 7) is 0. The summed E-state index contributed by atoms with van der Waals surface area (Å²) in [4.78, 5) is 12.5. The number of nitrogens with zero attached hydrogens (tertiary/aromatic N) is 1. The van der Waals surface area contributed by atoms with Gasteiger partial charge in [-0.2, -0.15) is 5.10 Å². The SMILES string of the molecule is COc1cc(Br)c(/C=N/NC(=O)c2cc3c(ccc4ccccc43)o2)cc1OC. The number of halogens is 1. The molecule has 0 radical (unpaired) electrons. The average Bonchev–Trinajstić information content (AvgIpc) is 3.19. The Bertz CT molecular complexity index is 1250. The maximum atomic E-state index is 12.5. The van der Waals surface area contributed by atoms with E-state index >= 15 is 0 Å². The normalized spacial score (nSPS) is 11.3. The lowest BCUT2D eigenvalue weighted by atomic mass is 10.1. The Morgan fingerprint density at radius 3 is 2.59 bits per heavy atom. The highest BCUT2D eigenvalue weighted by Crippen LogP contribution is 2.32. The van der Waals surface area contributed by atoms with Crippen molar-refractivity contribution in [3.63, 3.8) is 0 Å². The number of benzene rings is 3. The van der Waals surface area contributed by atoms with Gasteiger partial charge in [0.2, 0.25) is 0 Å². The van der Waals surface area contributed by atoms with Crippen LogP contribution in [0.15, 0.2) is 68.6 Å². The average molecular weight is 453 g/mol. The van der Waals surface area contributed by atoms with Crippen molar-refractivity contribution in [1.29, 1.82) is 0 Å². The van der Waals surface area contributed by atoms with Gasteiger partial charge in [0.25, 0.3) is 0 Å². The van der Waals surface area contributed by atoms with Gasteiger partial charge in [0.1, 0.15) is 5.58 Å². The van der Waals surface area contributed by atoms with E-state index in [0.29, 0.717) is 17.1 Å². The van der Waals surface area contributed by atoms with Crippen LogP contribution in [0, 0.1) is 0 Å². The maximum Gasteiger partial charge on any atom is 0.307 e. The van der Waals surface area contributed by atoms with E-state index in [4.69, 9.17) is 13.9 Å². The second-order valence-corrected chi connectivity index (χ2v) is 7.09. The van der Waals surface area contributed by atoms with Gasteiger partial charge < -0.3 is 13.9 Å². The second kappa shape index (κ2) is 7.97. The Hall–Kier alpha value is -3.32. The number of rotatable bonds is 5. The summed E-state index contributed by atoms with van der Waals surface area (Å²) in [6, 6.07) is 17.0. The molecule has 146 valence electrons. The van der Waals surface area contributed by atoms with Crippen LogP contribution in [-0.2, 0) is 0 Å². The Balaban J connectivity index is 1.56. The zero-order valence-corrected chi connectivity index (χ0v) is 17.3. The topological polar surface area (TPSA) is 73.1 Å². The number of ether oxygens (including phenoxy) is 2. The molecule has 0 unspecified atom stereocenters. The van der Waals surface area contributed by atoms with E-state index in [1.807, 2.05) is 36.4 Å². The minimum Gasteiger partial charge on any atom is -0.493 e. The van der Waals surface area contributed by atoms with E-state index in [-0.39, 0.29) is 5.76 Å². The van der Waals surface area contributed by atoms with Crippen molar-refractivity contribution in [2.45, 2.75) is 0 Å². The zero-order chi connectivity index (χ0) is 20.4. The summed E-state index contributed by atoms with van der Waals surface area (Å²) in [7, 11) is 3.12. The first kappa shape index (κ1) is 19.0. The van der Waals surface area contributed by atoms with Gasteiger partial charge in [0, 0.05) is 15.4 Å². The Morgan fingerprint density at radius 2 is 1.79 bits per heavy atom. The van der Waals surface area contributed by atoms with Crippen LogP contribution in [0.25, 0.3) is 21.7 Å². The van der Waals surface area contributed by atoms with Gasteiger partial charge in [-0.1, -0.05) is 30.3 Å². The first-order chi connectivity index (χ1) is 14.1. The molecule has 0 atom stereocenters. The van der Waals surface area contributed by atoms with E-state index in [1.54, 1.807) is 32.4 Å². The van der Waals surface area contributed by atoms with Gasteiger partial charge in [0.15, 0.2) is 17.3 Å². The second-order valence-electron chi connectivity index (χ2n) is 6.24. The summed E-state index contributed by atoms with van der Waals surface area (Å²) in [5.41, 5.74) is 3.87. The number of methoxy groups -OCH3 is 2. The van der Waals surface area contributed by atoms with Crippen LogP contribution in [0.1, 0.15) is 16.1 Å². The highest BCUT2D eigenvalue weighted by atomic mass is 79.9. The van der Waals surface area contributed by atoms with Crippen molar-refractivity contribution in [1.82, 2.24) is 5.43 Å². The van der Waals surface area contributed by atoms with Crippen molar-refractivity contribution in [2.75, 3.05) is 14.2 Å². The number of carbonyl (C=O) groups is 1. The lowest BCUT2D eigenvalue weighted by Gasteiger charge is -2.09. The summed E-state index contributed by atoms with van der Waals surface area (Å²) in [6.07, 6.45) is 1.52. The van der Waals surface area contributed by atoms with E-state index in [2.05, 4.69) is 26.5 Å². The van der Waals surface area contributed by atoms with Crippen molar-refractivity contribution in [3.8, 4) is 11.5 Å². The number of amides is 1. The molecule has 7 heteroatoms. The lowest BCUT2D eigenvalue weighted by molar-refractivity contribution is 0.0929. The molecular weight excluding hydrogens is 436 g/mol. The van der Waals surface area contributed by atoms with Crippen molar-refractivity contribution < 1.29 is 18.7 Å². The molecule has 29 heavy (non-hydrogen) atoms. The number of carbonyl (C=O) groups excluding carboxylic acids is 1. The maximum absolute atomic E-state index is 12.5. The van der Waals surface area contributed by atoms with Crippen LogP contribution in [0.2, 0.25) is 0 Å². The van der Waals surface area contributed by atoms with Gasteiger partial charge in [-0.05, 0) is 51.0 Å². The van der Waals surface area contributed by atoms with E-state index < -0.39 is 5.91 Å². The number of nitrogens with one attached hydrogen (secondary N) is 1. The Morgan fingerprint density at radius 1 is 1.03 bits per heavy atom. The minimum atomic E-state index is -0.432. The number of hydrogen-bond acceptors (Lipinski definition) is 5. The predicted molar refractivity (Wildman–Crippen MR) is 116 cm³/mol. The third-order valence-corrected chi connectivity index (χ3v) is 5.21. The Labute approximate surface area is 175 Å². The van der Waals surface area contributed by atoms with Crippen LogP contribution < -0.4 is 14.9 Å². The first-order valence-electron chi connectivity index (χ1n) is 8.77. The molecule has 4 aromatic rings. The lowest BCUT2D eigenvalue weighted by Crippen LogP contribution is -2.16. The van der Waals surface area contributed by atoms with Gasteiger partial charge in [-0.25, -0.2) is 5.43 Å². The molecule has 4 rings (SSSR count). The molecule has 3 aromatic carbocycles. The Kier molecular flexibility index (Phi) is 5.22. The number of furan rings is 1. The van der Waals surface area contributed by atoms with Crippen molar-refractivity contribution in [3.05, 3.63) is 70.4 Å². The standard InChI is InChI=1S/C22H17BrN2O4/c1-27-19-9-14(17(23)11-20(19)28-2)12-24-25-22(26)21-10-16-15-6-4-3-5-13(15)7-8-18(16)29-21/h3-12H,1-2H3,(H,25,26)/b24-12+. The smallest absolute Gasteiger partial charge is 0.307 e. The molecular formula is C22H17BrN2O4. The molecule has 6 nitrogen and oxygen atoms in total. The summed E-state index contributed by atoms with van der Waals surface area (Å²) >= 11 is 3.45. The fourth-order valence-corrected chi connectivity index (χ4v) is 3.51. The fraction of sp³-hybridized carbons (Fsp3) is 0.0909. The largest absolute Gasteiger partial charge is 0.493 e. The molecule has 1 amide bonds. The van der Waals surface area contributed by atoms with Crippen LogP contribution >= 0.6 is 15.9 Å². The van der Waals surface area contributed by atoms with Crippen LogP contribution in [0.5, 0.6) is 11.5 Å². The van der Waals surface area contributed by atoms with Gasteiger partial charge >= 0.3 is 5.91 Å². The molecule has 1 heterocycles. The molecule has 1 N–H and O–H groups in total. The van der Waals surface area contributed by atoms with Crippen molar-refractivity contribution >= 4 is 49.8 Å². The molecule has 0 fully saturated rings. The number of fused-ring (bicyclic) bond motifs is 3. The van der Waals surface area contributed by atoms with Gasteiger partial charge in [0.05, 0.1) is 20.4 Å².